The molecule has 1 atom stereocenters. The summed E-state index contributed by atoms with van der Waals surface area (Å²) in [6.07, 6.45) is 0. The molecule has 0 saturated carbocycles. The Labute approximate surface area is 203 Å². The van der Waals surface area contributed by atoms with E-state index in [9.17, 15) is 14.7 Å². The van der Waals surface area contributed by atoms with Crippen LogP contribution in [0.4, 0.5) is 11.4 Å². The molecule has 0 aromatic heterocycles. The molecule has 1 saturated heterocycles. The molecule has 3 aromatic carbocycles. The van der Waals surface area contributed by atoms with Crippen molar-refractivity contribution in [2.45, 2.75) is 13.0 Å². The van der Waals surface area contributed by atoms with Gasteiger partial charge in [0.1, 0.15) is 11.5 Å². The van der Waals surface area contributed by atoms with Crippen molar-refractivity contribution < 1.29 is 19.4 Å². The topological polar surface area (TPSA) is 70.1 Å². The first-order chi connectivity index (χ1) is 16.3. The van der Waals surface area contributed by atoms with Crippen LogP contribution < -0.4 is 14.5 Å². The van der Waals surface area contributed by atoms with Crippen molar-refractivity contribution in [2.75, 3.05) is 30.5 Å². The van der Waals surface area contributed by atoms with Crippen LogP contribution in [0.25, 0.3) is 5.76 Å². The Hall–Kier alpha value is -3.77. The number of amides is 1. The quantitative estimate of drug-likeness (QED) is 0.292. The number of nitrogens with zero attached hydrogens (tertiary/aromatic N) is 2. The fourth-order valence-electron chi connectivity index (χ4n) is 4.00. The zero-order valence-electron chi connectivity index (χ0n) is 19.2. The fraction of sp³-hybridized carbons (Fsp3) is 0.185. The first-order valence-corrected chi connectivity index (χ1v) is 11.3. The number of carbonyl (C=O) groups is 2. The summed E-state index contributed by atoms with van der Waals surface area (Å²) >= 11 is 5.99. The number of hydrogen-bond donors (Lipinski definition) is 1. The minimum Gasteiger partial charge on any atom is -0.507 e. The van der Waals surface area contributed by atoms with Gasteiger partial charge in [0.25, 0.3) is 11.7 Å². The fourth-order valence-corrected chi connectivity index (χ4v) is 4.13. The van der Waals surface area contributed by atoms with Gasteiger partial charge in [0.15, 0.2) is 0 Å². The Morgan fingerprint density at radius 1 is 0.971 bits per heavy atom. The maximum Gasteiger partial charge on any atom is 0.300 e. The van der Waals surface area contributed by atoms with E-state index in [1.807, 2.05) is 38.1 Å². The van der Waals surface area contributed by atoms with E-state index in [4.69, 9.17) is 16.3 Å². The van der Waals surface area contributed by atoms with Crippen LogP contribution in [-0.2, 0) is 9.59 Å². The summed E-state index contributed by atoms with van der Waals surface area (Å²) in [7, 11) is 3.85. The first kappa shape index (κ1) is 23.4. The molecule has 4 rings (SSSR count). The molecule has 1 aliphatic heterocycles. The normalized spacial score (nSPS) is 17.2. The van der Waals surface area contributed by atoms with E-state index in [1.54, 1.807) is 60.7 Å². The summed E-state index contributed by atoms with van der Waals surface area (Å²) in [6, 6.07) is 20.2. The number of halogens is 1. The molecule has 7 heteroatoms. The Morgan fingerprint density at radius 2 is 1.59 bits per heavy atom. The van der Waals surface area contributed by atoms with Crippen LogP contribution in [0.5, 0.6) is 5.75 Å². The van der Waals surface area contributed by atoms with Crippen LogP contribution in [0.2, 0.25) is 5.02 Å². The Morgan fingerprint density at radius 3 is 2.15 bits per heavy atom. The van der Waals surface area contributed by atoms with Gasteiger partial charge in [-0.15, -0.1) is 0 Å². The lowest BCUT2D eigenvalue weighted by molar-refractivity contribution is -0.132. The molecular formula is C27H25ClN2O4. The second-order valence-corrected chi connectivity index (χ2v) is 8.53. The van der Waals surface area contributed by atoms with Crippen LogP contribution in [-0.4, -0.2) is 37.5 Å². The van der Waals surface area contributed by atoms with Gasteiger partial charge in [-0.2, -0.15) is 0 Å². The van der Waals surface area contributed by atoms with Crippen LogP contribution in [0.15, 0.2) is 78.4 Å². The minimum atomic E-state index is -0.809. The Bertz CT molecular complexity index is 1230. The van der Waals surface area contributed by atoms with Gasteiger partial charge in [-0.3, -0.25) is 14.5 Å². The summed E-state index contributed by atoms with van der Waals surface area (Å²) in [5.41, 5.74) is 2.62. The molecule has 34 heavy (non-hydrogen) atoms. The maximum absolute atomic E-state index is 13.3. The number of Topliss-reactive ketones (excluding diaryl/α,β-unsaturated/α-hetero) is 1. The molecule has 1 amide bonds. The predicted octanol–water partition coefficient (Wildman–Crippen LogP) is 5.43. The number of ether oxygens (including phenoxy) is 1. The third-order valence-electron chi connectivity index (χ3n) is 5.71. The highest BCUT2D eigenvalue weighted by molar-refractivity contribution is 6.51. The molecular weight excluding hydrogens is 452 g/mol. The Balaban J connectivity index is 1.87. The highest BCUT2D eigenvalue weighted by Crippen LogP contribution is 2.42. The molecule has 1 heterocycles. The van der Waals surface area contributed by atoms with Crippen molar-refractivity contribution in [1.82, 2.24) is 0 Å². The highest BCUT2D eigenvalue weighted by Gasteiger charge is 2.47. The summed E-state index contributed by atoms with van der Waals surface area (Å²) in [4.78, 5) is 29.9. The zero-order valence-corrected chi connectivity index (χ0v) is 19.9. The second kappa shape index (κ2) is 9.61. The molecule has 1 N–H and O–H groups in total. The monoisotopic (exact) mass is 476 g/mol. The molecule has 0 spiro atoms. The van der Waals surface area contributed by atoms with Gasteiger partial charge in [-0.05, 0) is 73.2 Å². The van der Waals surface area contributed by atoms with Crippen LogP contribution in [0.3, 0.4) is 0 Å². The lowest BCUT2D eigenvalue weighted by Crippen LogP contribution is -2.29. The predicted molar refractivity (Wildman–Crippen MR) is 135 cm³/mol. The molecule has 6 nitrogen and oxygen atoms in total. The number of rotatable bonds is 6. The van der Waals surface area contributed by atoms with Crippen molar-refractivity contribution >= 4 is 40.4 Å². The number of ketones is 1. The Kier molecular flexibility index (Phi) is 6.61. The summed E-state index contributed by atoms with van der Waals surface area (Å²) in [6.45, 7) is 2.42. The van der Waals surface area contributed by atoms with E-state index in [2.05, 4.69) is 0 Å². The van der Waals surface area contributed by atoms with E-state index in [0.717, 1.165) is 5.69 Å². The van der Waals surface area contributed by atoms with Crippen LogP contribution in [0, 0.1) is 0 Å². The van der Waals surface area contributed by atoms with Gasteiger partial charge >= 0.3 is 0 Å². The molecule has 1 aliphatic rings. The van der Waals surface area contributed by atoms with Crippen molar-refractivity contribution in [3.05, 3.63) is 94.5 Å². The average molecular weight is 477 g/mol. The highest BCUT2D eigenvalue weighted by atomic mass is 35.5. The minimum absolute atomic E-state index is 0.0215. The largest absolute Gasteiger partial charge is 0.507 e. The van der Waals surface area contributed by atoms with E-state index in [1.165, 1.54) is 4.90 Å². The lowest BCUT2D eigenvalue weighted by Gasteiger charge is -2.26. The summed E-state index contributed by atoms with van der Waals surface area (Å²) in [5, 5.41) is 11.7. The zero-order chi connectivity index (χ0) is 24.4. The van der Waals surface area contributed by atoms with Gasteiger partial charge in [0.05, 0.1) is 18.2 Å². The van der Waals surface area contributed by atoms with Gasteiger partial charge in [-0.25, -0.2) is 0 Å². The number of aliphatic hydroxyl groups excluding tert-OH is 1. The third-order valence-corrected chi connectivity index (χ3v) is 5.97. The molecule has 3 aromatic rings. The van der Waals surface area contributed by atoms with Crippen LogP contribution >= 0.6 is 11.6 Å². The van der Waals surface area contributed by atoms with Gasteiger partial charge in [-0.1, -0.05) is 23.7 Å². The summed E-state index contributed by atoms with van der Waals surface area (Å²) < 4.78 is 5.54. The van der Waals surface area contributed by atoms with E-state index >= 15 is 0 Å². The number of aliphatic hydroxyl groups is 1. The van der Waals surface area contributed by atoms with Crippen molar-refractivity contribution in [3.63, 3.8) is 0 Å². The smallest absolute Gasteiger partial charge is 0.300 e. The standard InChI is InChI=1S/C27H25ClN2O4/c1-4-34-22-15-7-17(8-16-22)24-23(25(31)18-5-9-19(28)10-6-18)26(32)27(33)30(24)21-13-11-20(12-14-21)29(2)3/h5-16,24,31H,4H2,1-3H3/b25-23+. The van der Waals surface area contributed by atoms with Crippen molar-refractivity contribution in [2.24, 2.45) is 0 Å². The van der Waals surface area contributed by atoms with E-state index in [-0.39, 0.29) is 11.3 Å². The van der Waals surface area contributed by atoms with E-state index < -0.39 is 17.7 Å². The number of anilines is 2. The average Bonchev–Trinajstić information content (AvgIpc) is 3.10. The molecule has 1 fully saturated rings. The maximum atomic E-state index is 13.3. The van der Waals surface area contributed by atoms with Crippen molar-refractivity contribution in [3.8, 4) is 5.75 Å². The SMILES string of the molecule is CCOc1ccc(C2/C(=C(\O)c3ccc(Cl)cc3)C(=O)C(=O)N2c2ccc(N(C)C)cc2)cc1. The van der Waals surface area contributed by atoms with E-state index in [0.29, 0.717) is 34.2 Å². The number of benzene rings is 3. The van der Waals surface area contributed by atoms with Gasteiger partial charge in [0, 0.05) is 36.1 Å². The molecule has 0 radical (unpaired) electrons. The first-order valence-electron chi connectivity index (χ1n) is 10.9. The van der Waals surface area contributed by atoms with Gasteiger partial charge in [0.2, 0.25) is 0 Å². The molecule has 0 aliphatic carbocycles. The van der Waals surface area contributed by atoms with Crippen molar-refractivity contribution in [1.29, 1.82) is 0 Å². The lowest BCUT2D eigenvalue weighted by atomic mass is 9.95. The van der Waals surface area contributed by atoms with Crippen LogP contribution in [0.1, 0.15) is 24.1 Å². The summed E-state index contributed by atoms with van der Waals surface area (Å²) in [5.74, 6) is -1.02. The third kappa shape index (κ3) is 4.37. The number of carbonyl (C=O) groups excluding carboxylic acids is 2. The molecule has 0 bridgehead atoms. The molecule has 174 valence electrons. The second-order valence-electron chi connectivity index (χ2n) is 8.09. The number of hydrogen-bond acceptors (Lipinski definition) is 5. The molecule has 1 unspecified atom stereocenters. The van der Waals surface area contributed by atoms with Gasteiger partial charge < -0.3 is 14.7 Å².